The van der Waals surface area contributed by atoms with Crippen LogP contribution in [0.5, 0.6) is 0 Å². The molecule has 0 aliphatic rings. The smallest absolute Gasteiger partial charge is 0.374 e. The van der Waals surface area contributed by atoms with Crippen LogP contribution in [-0.4, -0.2) is 29.6 Å². The van der Waals surface area contributed by atoms with E-state index in [4.69, 9.17) is 10.6 Å². The first kappa shape index (κ1) is 16.9. The van der Waals surface area contributed by atoms with E-state index in [9.17, 15) is 26.3 Å². The molecule has 0 unspecified atom stereocenters. The summed E-state index contributed by atoms with van der Waals surface area (Å²) in [6.45, 7) is -0.00698. The number of hydrogen-bond donors (Lipinski definition) is 1. The van der Waals surface area contributed by atoms with Gasteiger partial charge in [0, 0.05) is 11.5 Å². The van der Waals surface area contributed by atoms with Gasteiger partial charge in [0.25, 0.3) is 5.60 Å². The average molecular weight is 279 g/mol. The van der Waals surface area contributed by atoms with Crippen molar-refractivity contribution in [1.29, 1.82) is 0 Å². The molecule has 0 fully saturated rings. The molecule has 0 spiro atoms. The normalized spacial score (nSPS) is 13.3. The summed E-state index contributed by atoms with van der Waals surface area (Å²) in [5.41, 5.74) is 3.20. The number of unbranched alkanes of at least 4 members (excludes halogenated alkanes) is 2. The maximum absolute atomic E-state index is 12.2. The van der Waals surface area contributed by atoms with Gasteiger partial charge in [-0.3, -0.25) is 0 Å². The minimum absolute atomic E-state index is 0.00646. The van der Waals surface area contributed by atoms with Gasteiger partial charge in [-0.1, -0.05) is 11.5 Å². The second-order valence-electron chi connectivity index (χ2n) is 3.62. The van der Waals surface area contributed by atoms with Crippen molar-refractivity contribution in [3.05, 3.63) is 10.4 Å². The van der Waals surface area contributed by atoms with Crippen LogP contribution in [0.3, 0.4) is 0 Å². The molecule has 4 nitrogen and oxygen atoms in total. The molecule has 0 aromatic heterocycles. The van der Waals surface area contributed by atoms with E-state index < -0.39 is 30.8 Å². The van der Waals surface area contributed by atoms with Gasteiger partial charge in [0.2, 0.25) is 0 Å². The van der Waals surface area contributed by atoms with Crippen molar-refractivity contribution in [2.24, 2.45) is 5.11 Å². The summed E-state index contributed by atoms with van der Waals surface area (Å²) in [6, 6.07) is 0. The third kappa shape index (κ3) is 4.26. The van der Waals surface area contributed by atoms with Crippen LogP contribution in [0.15, 0.2) is 5.11 Å². The molecule has 0 amide bonds. The van der Waals surface area contributed by atoms with Gasteiger partial charge in [-0.25, -0.2) is 0 Å². The molecular formula is C8H11F6N3O. The highest BCUT2D eigenvalue weighted by molar-refractivity contribution is 4.93. The predicted octanol–water partition coefficient (Wildman–Crippen LogP) is 3.71. The number of nitrogens with zero attached hydrogens (tertiary/aromatic N) is 3. The molecule has 0 aliphatic carbocycles. The van der Waals surface area contributed by atoms with Gasteiger partial charge in [-0.15, -0.1) is 0 Å². The van der Waals surface area contributed by atoms with Crippen LogP contribution >= 0.6 is 0 Å². The third-order valence-corrected chi connectivity index (χ3v) is 2.30. The number of azide groups is 1. The molecule has 18 heavy (non-hydrogen) atoms. The average Bonchev–Trinajstić information content (AvgIpc) is 2.19. The molecule has 0 radical (unpaired) electrons. The van der Waals surface area contributed by atoms with Crippen molar-refractivity contribution < 1.29 is 31.4 Å². The van der Waals surface area contributed by atoms with Gasteiger partial charge < -0.3 is 5.11 Å². The summed E-state index contributed by atoms with van der Waals surface area (Å²) in [5.74, 6) is 0. The van der Waals surface area contributed by atoms with Gasteiger partial charge in [-0.2, -0.15) is 26.3 Å². The van der Waals surface area contributed by atoms with Crippen molar-refractivity contribution in [2.45, 2.75) is 43.6 Å². The highest BCUT2D eigenvalue weighted by Crippen LogP contribution is 2.45. The standard InChI is InChI=1S/C8H11F6N3O/c9-7(10,11)6(18,8(12,13)14)4-2-1-3-5-16-17-15/h18H,1-5H2. The first-order chi connectivity index (χ1) is 8.06. The molecule has 0 aromatic rings. The lowest BCUT2D eigenvalue weighted by Crippen LogP contribution is -2.56. The molecule has 106 valence electrons. The minimum Gasteiger partial charge on any atom is -0.374 e. The zero-order valence-electron chi connectivity index (χ0n) is 9.09. The molecule has 1 N–H and O–H groups in total. The second-order valence-corrected chi connectivity index (χ2v) is 3.62. The van der Waals surface area contributed by atoms with Crippen molar-refractivity contribution in [2.75, 3.05) is 6.54 Å². The van der Waals surface area contributed by atoms with E-state index in [1.54, 1.807) is 0 Å². The van der Waals surface area contributed by atoms with E-state index in [0.717, 1.165) is 0 Å². The van der Waals surface area contributed by atoms with Crippen LogP contribution in [0, 0.1) is 0 Å². The Balaban J connectivity index is 4.43. The number of hydrogen-bond acceptors (Lipinski definition) is 2. The zero-order chi connectivity index (χ0) is 14.4. The van der Waals surface area contributed by atoms with Crippen LogP contribution < -0.4 is 0 Å². The van der Waals surface area contributed by atoms with Crippen LogP contribution in [0.2, 0.25) is 0 Å². The van der Waals surface area contributed by atoms with E-state index in [-0.39, 0.29) is 19.4 Å². The van der Waals surface area contributed by atoms with Gasteiger partial charge in [0.15, 0.2) is 0 Å². The fraction of sp³-hybridized carbons (Fsp3) is 1.00. The van der Waals surface area contributed by atoms with Crippen molar-refractivity contribution in [3.63, 3.8) is 0 Å². The Hall–Kier alpha value is -1.15. The van der Waals surface area contributed by atoms with Gasteiger partial charge >= 0.3 is 12.4 Å². The molecule has 0 aromatic carbocycles. The highest BCUT2D eigenvalue weighted by atomic mass is 19.4. The van der Waals surface area contributed by atoms with Gasteiger partial charge in [-0.05, 0) is 24.8 Å². The Labute approximate surface area is 98.2 Å². The van der Waals surface area contributed by atoms with E-state index in [2.05, 4.69) is 10.0 Å². The molecule has 0 heterocycles. The van der Waals surface area contributed by atoms with E-state index in [0.29, 0.717) is 0 Å². The highest BCUT2D eigenvalue weighted by Gasteiger charge is 2.69. The lowest BCUT2D eigenvalue weighted by atomic mass is 9.94. The summed E-state index contributed by atoms with van der Waals surface area (Å²) in [7, 11) is 0. The number of halogens is 6. The Morgan fingerprint density at radius 1 is 0.944 bits per heavy atom. The topological polar surface area (TPSA) is 69.0 Å². The van der Waals surface area contributed by atoms with Crippen LogP contribution in [0.25, 0.3) is 10.4 Å². The molecule has 0 bridgehead atoms. The van der Waals surface area contributed by atoms with Crippen molar-refractivity contribution in [1.82, 2.24) is 0 Å². The zero-order valence-corrected chi connectivity index (χ0v) is 9.09. The van der Waals surface area contributed by atoms with Crippen LogP contribution in [0.4, 0.5) is 26.3 Å². The molecule has 0 rings (SSSR count). The van der Waals surface area contributed by atoms with Crippen LogP contribution in [0.1, 0.15) is 25.7 Å². The fourth-order valence-electron chi connectivity index (χ4n) is 1.23. The molecule has 0 saturated carbocycles. The van der Waals surface area contributed by atoms with Crippen molar-refractivity contribution in [3.8, 4) is 0 Å². The third-order valence-electron chi connectivity index (χ3n) is 2.30. The van der Waals surface area contributed by atoms with Gasteiger partial charge in [0.1, 0.15) is 0 Å². The van der Waals surface area contributed by atoms with Crippen LogP contribution in [-0.2, 0) is 0 Å². The Kier molecular flexibility index (Phi) is 5.75. The maximum atomic E-state index is 12.2. The largest absolute Gasteiger partial charge is 0.426 e. The molecule has 10 heteroatoms. The molecule has 0 saturated heterocycles. The predicted molar refractivity (Wildman–Crippen MR) is 49.5 cm³/mol. The summed E-state index contributed by atoms with van der Waals surface area (Å²) in [6.07, 6.45) is -13.3. The fourth-order valence-corrected chi connectivity index (χ4v) is 1.23. The summed E-state index contributed by atoms with van der Waals surface area (Å²) in [5, 5.41) is 11.8. The summed E-state index contributed by atoms with van der Waals surface area (Å²) < 4.78 is 73.2. The summed E-state index contributed by atoms with van der Waals surface area (Å²) >= 11 is 0. The lowest BCUT2D eigenvalue weighted by molar-refractivity contribution is -0.370. The van der Waals surface area contributed by atoms with E-state index in [1.807, 2.05) is 0 Å². The Bertz CT molecular complexity index is 293. The second kappa shape index (κ2) is 6.14. The number of rotatable bonds is 6. The Morgan fingerprint density at radius 2 is 1.44 bits per heavy atom. The lowest BCUT2D eigenvalue weighted by Gasteiger charge is -2.32. The Morgan fingerprint density at radius 3 is 1.83 bits per heavy atom. The molecule has 0 atom stereocenters. The van der Waals surface area contributed by atoms with Gasteiger partial charge in [0.05, 0.1) is 0 Å². The SMILES string of the molecule is [N-]=[N+]=NCCCCCC(O)(C(F)(F)F)C(F)(F)F. The first-order valence-corrected chi connectivity index (χ1v) is 4.93. The number of alkyl halides is 6. The minimum atomic E-state index is -5.77. The van der Waals surface area contributed by atoms with Crippen molar-refractivity contribution >= 4 is 0 Å². The van der Waals surface area contributed by atoms with E-state index in [1.165, 1.54) is 0 Å². The molecular weight excluding hydrogens is 268 g/mol. The summed E-state index contributed by atoms with van der Waals surface area (Å²) in [4.78, 5) is 2.38. The quantitative estimate of drug-likeness (QED) is 0.260. The number of aliphatic hydroxyl groups is 1. The maximum Gasteiger partial charge on any atom is 0.426 e. The first-order valence-electron chi connectivity index (χ1n) is 4.93. The van der Waals surface area contributed by atoms with E-state index >= 15 is 0 Å². The monoisotopic (exact) mass is 279 g/mol. The molecule has 0 aliphatic heterocycles.